The van der Waals surface area contributed by atoms with Crippen LogP contribution in [0, 0.1) is 6.33 Å². The van der Waals surface area contributed by atoms with Gasteiger partial charge in [0, 0.05) is 56.0 Å². The number of hydrogen-bond acceptors (Lipinski definition) is 2. The standard InChI is InChI=1S/C55H36N6O/c1-57-35-58(47-28-13-12-27-46(47)57)38-21-16-22-39(33-38)62-40-30-31-43-48(34-40)61(49-29-14-15-32-56-49)55-51-42-24-9-11-26-45(42)59(36-17-4-2-5-18-36)53(51)50-41-23-8-10-25-44(41)60(54(50)52(43)55)37-19-6-3-7-20-37/h2-34H,1H3. The van der Waals surface area contributed by atoms with Crippen LogP contribution in [0.2, 0.25) is 0 Å². The van der Waals surface area contributed by atoms with Crippen LogP contribution in [0.4, 0.5) is 0 Å². The topological polar surface area (TPSA) is 45.7 Å². The average Bonchev–Trinajstić information content (AvgIpc) is 4.06. The maximum atomic E-state index is 6.83. The van der Waals surface area contributed by atoms with Gasteiger partial charge < -0.3 is 23.0 Å². The van der Waals surface area contributed by atoms with Gasteiger partial charge in [-0.3, -0.25) is 4.57 Å². The molecule has 0 saturated heterocycles. The molecule has 62 heavy (non-hydrogen) atoms. The number of aromatic nitrogens is 6. The summed E-state index contributed by atoms with van der Waals surface area (Å²) in [5.74, 6) is 2.29. The smallest absolute Gasteiger partial charge is 0.244 e. The lowest BCUT2D eigenvalue weighted by atomic mass is 10.0. The lowest BCUT2D eigenvalue weighted by molar-refractivity contribution is -0.572. The van der Waals surface area contributed by atoms with Crippen molar-refractivity contribution in [2.75, 3.05) is 0 Å². The molecule has 0 radical (unpaired) electrons. The molecule has 0 amide bonds. The van der Waals surface area contributed by atoms with Crippen LogP contribution in [0.3, 0.4) is 0 Å². The molecule has 7 nitrogen and oxygen atoms in total. The lowest BCUT2D eigenvalue weighted by Gasteiger charge is -2.13. The molecule has 0 aliphatic carbocycles. The van der Waals surface area contributed by atoms with Crippen LogP contribution in [-0.2, 0) is 7.05 Å². The van der Waals surface area contributed by atoms with Crippen LogP contribution in [0.25, 0.3) is 99.3 Å². The first-order chi connectivity index (χ1) is 30.7. The molecule has 0 atom stereocenters. The van der Waals surface area contributed by atoms with Crippen molar-refractivity contribution in [3.63, 3.8) is 0 Å². The number of aryl methyl sites for hydroxylation is 1. The van der Waals surface area contributed by atoms with E-state index in [-0.39, 0.29) is 0 Å². The third-order valence-electron chi connectivity index (χ3n) is 12.4. The molecular formula is C55H36N6O. The van der Waals surface area contributed by atoms with Crippen molar-refractivity contribution in [2.45, 2.75) is 0 Å². The van der Waals surface area contributed by atoms with E-state index in [4.69, 9.17) is 9.72 Å². The Morgan fingerprint density at radius 2 is 1.00 bits per heavy atom. The zero-order valence-corrected chi connectivity index (χ0v) is 33.6. The molecule has 13 rings (SSSR count). The van der Waals surface area contributed by atoms with Crippen molar-refractivity contribution in [1.29, 1.82) is 0 Å². The Morgan fingerprint density at radius 3 is 1.65 bits per heavy atom. The predicted molar refractivity (Wildman–Crippen MR) is 251 cm³/mol. The normalized spacial score (nSPS) is 12.0. The van der Waals surface area contributed by atoms with Gasteiger partial charge in [0.15, 0.2) is 0 Å². The molecule has 8 aromatic carbocycles. The van der Waals surface area contributed by atoms with Gasteiger partial charge in [-0.2, -0.15) is 0 Å². The number of nitrogens with zero attached hydrogens (tertiary/aromatic N) is 6. The maximum Gasteiger partial charge on any atom is 0.244 e. The summed E-state index contributed by atoms with van der Waals surface area (Å²) in [5, 5.41) is 7.00. The quantitative estimate of drug-likeness (QED) is 0.124. The molecular weight excluding hydrogens is 761 g/mol. The molecule has 292 valence electrons. The summed E-state index contributed by atoms with van der Waals surface area (Å²) in [6.45, 7) is 0. The molecule has 0 bridgehead atoms. The summed E-state index contributed by atoms with van der Waals surface area (Å²) in [6.07, 6.45) is 5.35. The van der Waals surface area contributed by atoms with Crippen molar-refractivity contribution < 1.29 is 9.30 Å². The van der Waals surface area contributed by atoms with E-state index in [1.807, 2.05) is 36.0 Å². The molecule has 0 aliphatic rings. The van der Waals surface area contributed by atoms with Gasteiger partial charge in [0.25, 0.3) is 0 Å². The van der Waals surface area contributed by atoms with E-state index in [0.717, 1.165) is 89.3 Å². The third-order valence-corrected chi connectivity index (χ3v) is 12.4. The second-order valence-corrected chi connectivity index (χ2v) is 15.8. The van der Waals surface area contributed by atoms with E-state index in [1.54, 1.807) is 0 Å². The van der Waals surface area contributed by atoms with Crippen molar-refractivity contribution >= 4 is 76.5 Å². The molecule has 0 unspecified atom stereocenters. The molecule has 0 fully saturated rings. The average molecular weight is 797 g/mol. The van der Waals surface area contributed by atoms with E-state index in [9.17, 15) is 0 Å². The maximum absolute atomic E-state index is 6.83. The number of pyridine rings is 1. The highest BCUT2D eigenvalue weighted by molar-refractivity contribution is 6.40. The van der Waals surface area contributed by atoms with Gasteiger partial charge in [-0.05, 0) is 72.8 Å². The highest BCUT2D eigenvalue weighted by Crippen LogP contribution is 2.50. The fourth-order valence-electron chi connectivity index (χ4n) is 9.87. The lowest BCUT2D eigenvalue weighted by Crippen LogP contribution is -2.29. The first-order valence-electron chi connectivity index (χ1n) is 20.9. The number of benzene rings is 8. The first-order valence-corrected chi connectivity index (χ1v) is 20.9. The highest BCUT2D eigenvalue weighted by Gasteiger charge is 2.29. The van der Waals surface area contributed by atoms with Crippen LogP contribution in [0.5, 0.6) is 11.5 Å². The molecule has 0 spiro atoms. The van der Waals surface area contributed by atoms with Crippen molar-refractivity contribution in [1.82, 2.24) is 23.3 Å². The van der Waals surface area contributed by atoms with E-state index in [2.05, 4.69) is 201 Å². The van der Waals surface area contributed by atoms with Crippen LogP contribution in [0.15, 0.2) is 200 Å². The molecule has 0 N–H and O–H groups in total. The highest BCUT2D eigenvalue weighted by atomic mass is 16.5. The number of hydrogen-bond donors (Lipinski definition) is 0. The molecule has 0 saturated carbocycles. The minimum Gasteiger partial charge on any atom is -0.458 e. The summed E-state index contributed by atoms with van der Waals surface area (Å²) < 4.78 is 18.2. The minimum atomic E-state index is 0.726. The molecule has 5 heterocycles. The third kappa shape index (κ3) is 4.93. The van der Waals surface area contributed by atoms with Gasteiger partial charge >= 0.3 is 0 Å². The summed E-state index contributed by atoms with van der Waals surface area (Å²) in [6, 6.07) is 68.4. The van der Waals surface area contributed by atoms with E-state index in [1.165, 1.54) is 21.5 Å². The van der Waals surface area contributed by atoms with Crippen LogP contribution in [-0.4, -0.2) is 23.3 Å². The monoisotopic (exact) mass is 796 g/mol. The molecule has 13 aromatic rings. The molecule has 5 aromatic heterocycles. The summed E-state index contributed by atoms with van der Waals surface area (Å²) in [7, 11) is 2.02. The van der Waals surface area contributed by atoms with Crippen molar-refractivity contribution in [2.24, 2.45) is 7.05 Å². The number of rotatable bonds is 6. The van der Waals surface area contributed by atoms with Gasteiger partial charge in [-0.25, -0.2) is 4.98 Å². The Kier molecular flexibility index (Phi) is 7.39. The number of imidazole rings is 1. The Hall–Kier alpha value is -8.42. The Bertz CT molecular complexity index is 3890. The van der Waals surface area contributed by atoms with Crippen LogP contribution >= 0.6 is 0 Å². The predicted octanol–water partition coefficient (Wildman–Crippen LogP) is 12.7. The van der Waals surface area contributed by atoms with Crippen molar-refractivity contribution in [3.05, 3.63) is 207 Å². The zero-order chi connectivity index (χ0) is 40.9. The van der Waals surface area contributed by atoms with Gasteiger partial charge in [-0.1, -0.05) is 115 Å². The SMILES string of the molecule is Cn1[c-][n+](-c2cccc(Oc3ccc4c5c6c(c7ccccc7n6-c6ccccc6)c6c(c7ccccc7n6-c6ccccc6)c5n(-c5ccccn5)c4c3)c2)c2ccccc21. The van der Waals surface area contributed by atoms with Crippen LogP contribution in [0.1, 0.15) is 0 Å². The Balaban J connectivity index is 1.17. The van der Waals surface area contributed by atoms with E-state index >= 15 is 0 Å². The minimum absolute atomic E-state index is 0.726. The van der Waals surface area contributed by atoms with Gasteiger partial charge in [0.05, 0.1) is 56.9 Å². The summed E-state index contributed by atoms with van der Waals surface area (Å²) in [4.78, 5) is 5.06. The van der Waals surface area contributed by atoms with E-state index in [0.29, 0.717) is 0 Å². The van der Waals surface area contributed by atoms with Gasteiger partial charge in [-0.15, -0.1) is 0 Å². The first kappa shape index (κ1) is 34.4. The fourth-order valence-corrected chi connectivity index (χ4v) is 9.87. The second kappa shape index (κ2) is 13.3. The second-order valence-electron chi connectivity index (χ2n) is 15.8. The molecule has 0 aliphatic heterocycles. The molecule has 7 heteroatoms. The fraction of sp³-hybridized carbons (Fsp3) is 0.0182. The van der Waals surface area contributed by atoms with E-state index < -0.39 is 0 Å². The summed E-state index contributed by atoms with van der Waals surface area (Å²) in [5.41, 5.74) is 12.0. The number of ether oxygens (including phenoxy) is 1. The van der Waals surface area contributed by atoms with Gasteiger partial charge in [0.1, 0.15) is 17.3 Å². The number of fused-ring (bicyclic) bond motifs is 13. The summed E-state index contributed by atoms with van der Waals surface area (Å²) >= 11 is 0. The van der Waals surface area contributed by atoms with Crippen LogP contribution < -0.4 is 9.30 Å². The largest absolute Gasteiger partial charge is 0.458 e. The Morgan fingerprint density at radius 1 is 0.452 bits per heavy atom. The van der Waals surface area contributed by atoms with Gasteiger partial charge in [0.2, 0.25) is 6.33 Å². The van der Waals surface area contributed by atoms with Crippen molar-refractivity contribution in [3.8, 4) is 34.4 Å². The Labute approximate surface area is 355 Å². The zero-order valence-electron chi connectivity index (χ0n) is 33.6. The number of para-hydroxylation sites is 6.